The summed E-state index contributed by atoms with van der Waals surface area (Å²) >= 11 is 0. The SMILES string of the molecule is Cc1cc(C)c2ccc(C(=O)N3CCN(c4ncc[nH]c4=O)CC3)cc2n1. The third-order valence-corrected chi connectivity index (χ3v) is 4.95. The lowest BCUT2D eigenvalue weighted by molar-refractivity contribution is 0.0746. The normalized spacial score (nSPS) is 14.6. The van der Waals surface area contributed by atoms with E-state index in [4.69, 9.17) is 0 Å². The molecule has 0 bridgehead atoms. The molecule has 0 saturated carbocycles. The number of piperazine rings is 1. The summed E-state index contributed by atoms with van der Waals surface area (Å²) in [6, 6.07) is 7.74. The Balaban J connectivity index is 1.52. The summed E-state index contributed by atoms with van der Waals surface area (Å²) in [5.74, 6) is 0.401. The van der Waals surface area contributed by atoms with E-state index in [9.17, 15) is 9.59 Å². The first-order valence-electron chi connectivity index (χ1n) is 8.99. The lowest BCUT2D eigenvalue weighted by Crippen LogP contribution is -2.50. The maximum absolute atomic E-state index is 12.9. The molecular weight excluding hydrogens is 342 g/mol. The molecule has 1 aromatic carbocycles. The number of carbonyl (C=O) groups excluding carboxylic acids is 1. The fourth-order valence-electron chi connectivity index (χ4n) is 3.58. The van der Waals surface area contributed by atoms with Crippen LogP contribution in [0.2, 0.25) is 0 Å². The number of hydrogen-bond acceptors (Lipinski definition) is 5. The van der Waals surface area contributed by atoms with Gasteiger partial charge in [0, 0.05) is 55.2 Å². The van der Waals surface area contributed by atoms with Crippen LogP contribution in [0.3, 0.4) is 0 Å². The molecule has 3 aromatic rings. The van der Waals surface area contributed by atoms with Gasteiger partial charge in [0.15, 0.2) is 5.82 Å². The summed E-state index contributed by atoms with van der Waals surface area (Å²) in [4.78, 5) is 39.9. The predicted octanol–water partition coefficient (Wildman–Crippen LogP) is 1.90. The molecular formula is C20H21N5O2. The Morgan fingerprint density at radius 1 is 1.11 bits per heavy atom. The third-order valence-electron chi connectivity index (χ3n) is 4.95. The van der Waals surface area contributed by atoms with Gasteiger partial charge in [-0.15, -0.1) is 0 Å². The molecule has 1 amide bonds. The molecule has 7 heteroatoms. The summed E-state index contributed by atoms with van der Waals surface area (Å²) in [6.45, 7) is 6.27. The monoisotopic (exact) mass is 363 g/mol. The molecule has 7 nitrogen and oxygen atoms in total. The molecule has 0 unspecified atom stereocenters. The van der Waals surface area contributed by atoms with Gasteiger partial charge in [-0.3, -0.25) is 14.6 Å². The number of aromatic nitrogens is 3. The van der Waals surface area contributed by atoms with Crippen molar-refractivity contribution in [3.8, 4) is 0 Å². The molecule has 2 aromatic heterocycles. The van der Waals surface area contributed by atoms with E-state index in [1.165, 1.54) is 6.20 Å². The van der Waals surface area contributed by atoms with Crippen LogP contribution in [0, 0.1) is 13.8 Å². The van der Waals surface area contributed by atoms with Gasteiger partial charge in [-0.1, -0.05) is 6.07 Å². The minimum absolute atomic E-state index is 0.00700. The number of aryl methyl sites for hydroxylation is 2. The van der Waals surface area contributed by atoms with E-state index in [2.05, 4.69) is 21.9 Å². The smallest absolute Gasteiger partial charge is 0.290 e. The predicted molar refractivity (Wildman–Crippen MR) is 104 cm³/mol. The molecule has 4 rings (SSSR count). The van der Waals surface area contributed by atoms with Crippen molar-refractivity contribution in [1.29, 1.82) is 0 Å². The first kappa shape index (κ1) is 17.2. The Morgan fingerprint density at radius 3 is 2.63 bits per heavy atom. The van der Waals surface area contributed by atoms with Crippen molar-refractivity contribution in [3.63, 3.8) is 0 Å². The molecule has 1 aliphatic rings. The number of aromatic amines is 1. The van der Waals surface area contributed by atoms with Crippen LogP contribution in [0.4, 0.5) is 5.82 Å². The zero-order valence-corrected chi connectivity index (χ0v) is 15.4. The number of pyridine rings is 1. The molecule has 1 N–H and O–H groups in total. The second-order valence-corrected chi connectivity index (χ2v) is 6.83. The number of rotatable bonds is 2. The summed E-state index contributed by atoms with van der Waals surface area (Å²) in [6.07, 6.45) is 3.09. The van der Waals surface area contributed by atoms with E-state index in [-0.39, 0.29) is 11.5 Å². The number of amides is 1. The fraction of sp³-hybridized carbons (Fsp3) is 0.300. The van der Waals surface area contributed by atoms with Crippen LogP contribution >= 0.6 is 0 Å². The van der Waals surface area contributed by atoms with Gasteiger partial charge >= 0.3 is 0 Å². The van der Waals surface area contributed by atoms with Gasteiger partial charge < -0.3 is 14.8 Å². The lowest BCUT2D eigenvalue weighted by atomic mass is 10.1. The van der Waals surface area contributed by atoms with E-state index >= 15 is 0 Å². The summed E-state index contributed by atoms with van der Waals surface area (Å²) in [7, 11) is 0. The quantitative estimate of drug-likeness (QED) is 0.752. The maximum atomic E-state index is 12.9. The summed E-state index contributed by atoms with van der Waals surface area (Å²) in [5.41, 5.74) is 3.38. The minimum atomic E-state index is -0.205. The van der Waals surface area contributed by atoms with Gasteiger partial charge in [0.25, 0.3) is 11.5 Å². The van der Waals surface area contributed by atoms with Crippen LogP contribution < -0.4 is 10.5 Å². The largest absolute Gasteiger partial charge is 0.348 e. The topological polar surface area (TPSA) is 82.2 Å². The van der Waals surface area contributed by atoms with E-state index in [0.29, 0.717) is 37.6 Å². The van der Waals surface area contributed by atoms with Crippen molar-refractivity contribution in [2.24, 2.45) is 0 Å². The van der Waals surface area contributed by atoms with Crippen molar-refractivity contribution in [2.75, 3.05) is 31.1 Å². The molecule has 0 spiro atoms. The second kappa shape index (κ2) is 6.83. The second-order valence-electron chi connectivity index (χ2n) is 6.83. The van der Waals surface area contributed by atoms with Gasteiger partial charge in [-0.25, -0.2) is 4.98 Å². The van der Waals surface area contributed by atoms with Crippen LogP contribution in [0.5, 0.6) is 0 Å². The van der Waals surface area contributed by atoms with Crippen LogP contribution in [-0.2, 0) is 0 Å². The number of carbonyl (C=O) groups is 1. The van der Waals surface area contributed by atoms with E-state index in [1.54, 1.807) is 6.20 Å². The van der Waals surface area contributed by atoms with Crippen molar-refractivity contribution in [1.82, 2.24) is 19.9 Å². The third kappa shape index (κ3) is 3.28. The molecule has 27 heavy (non-hydrogen) atoms. The molecule has 3 heterocycles. The average molecular weight is 363 g/mol. The van der Waals surface area contributed by atoms with Gasteiger partial charge in [0.05, 0.1) is 5.52 Å². The first-order valence-corrected chi connectivity index (χ1v) is 8.99. The van der Waals surface area contributed by atoms with Crippen LogP contribution in [-0.4, -0.2) is 51.9 Å². The van der Waals surface area contributed by atoms with Crippen molar-refractivity contribution in [2.45, 2.75) is 13.8 Å². The molecule has 1 aliphatic heterocycles. The van der Waals surface area contributed by atoms with Gasteiger partial charge in [-0.2, -0.15) is 0 Å². The average Bonchev–Trinajstić information content (AvgIpc) is 2.67. The molecule has 138 valence electrons. The van der Waals surface area contributed by atoms with Crippen molar-refractivity contribution < 1.29 is 4.79 Å². The van der Waals surface area contributed by atoms with Gasteiger partial charge in [0.2, 0.25) is 0 Å². The van der Waals surface area contributed by atoms with Gasteiger partial charge in [0.1, 0.15) is 0 Å². The number of fused-ring (bicyclic) bond motifs is 1. The standard InChI is InChI=1S/C20H21N5O2/c1-13-11-14(2)23-17-12-15(3-4-16(13)17)20(27)25-9-7-24(8-10-25)18-19(26)22-6-5-21-18/h3-6,11-12H,7-10H2,1-2H3,(H,22,26). The highest BCUT2D eigenvalue weighted by Crippen LogP contribution is 2.20. The number of anilines is 1. The fourth-order valence-corrected chi connectivity index (χ4v) is 3.58. The Kier molecular flexibility index (Phi) is 4.35. The molecule has 0 radical (unpaired) electrons. The Labute approximate surface area is 156 Å². The molecule has 0 aliphatic carbocycles. The highest BCUT2D eigenvalue weighted by Gasteiger charge is 2.24. The lowest BCUT2D eigenvalue weighted by Gasteiger charge is -2.35. The summed E-state index contributed by atoms with van der Waals surface area (Å²) in [5, 5.41) is 1.07. The first-order chi connectivity index (χ1) is 13.0. The van der Waals surface area contributed by atoms with Crippen LogP contribution in [0.15, 0.2) is 41.5 Å². The minimum Gasteiger partial charge on any atom is -0.348 e. The van der Waals surface area contributed by atoms with Crippen LogP contribution in [0.25, 0.3) is 10.9 Å². The maximum Gasteiger partial charge on any atom is 0.290 e. The highest BCUT2D eigenvalue weighted by atomic mass is 16.2. The number of benzene rings is 1. The Morgan fingerprint density at radius 2 is 1.89 bits per heavy atom. The Hall–Kier alpha value is -3.22. The zero-order valence-electron chi connectivity index (χ0n) is 15.4. The van der Waals surface area contributed by atoms with E-state index < -0.39 is 0 Å². The van der Waals surface area contributed by atoms with Crippen molar-refractivity contribution >= 4 is 22.6 Å². The van der Waals surface area contributed by atoms with Crippen LogP contribution in [0.1, 0.15) is 21.6 Å². The van der Waals surface area contributed by atoms with E-state index in [1.807, 2.05) is 41.0 Å². The Bertz CT molecular complexity index is 1070. The zero-order chi connectivity index (χ0) is 19.0. The van der Waals surface area contributed by atoms with E-state index in [0.717, 1.165) is 22.2 Å². The number of nitrogens with one attached hydrogen (secondary N) is 1. The molecule has 1 fully saturated rings. The molecule has 0 atom stereocenters. The summed E-state index contributed by atoms with van der Waals surface area (Å²) < 4.78 is 0. The van der Waals surface area contributed by atoms with Gasteiger partial charge in [-0.05, 0) is 37.6 Å². The van der Waals surface area contributed by atoms with Crippen molar-refractivity contribution in [3.05, 3.63) is 63.8 Å². The highest BCUT2D eigenvalue weighted by molar-refractivity contribution is 5.98. The molecule has 1 saturated heterocycles. The number of H-pyrrole nitrogens is 1. The number of hydrogen-bond donors (Lipinski definition) is 1. The number of nitrogens with zero attached hydrogens (tertiary/aromatic N) is 4.